The highest BCUT2D eigenvalue weighted by molar-refractivity contribution is 6.62. The van der Waals surface area contributed by atoms with Gasteiger partial charge in [0.15, 0.2) is 0 Å². The second kappa shape index (κ2) is 3.61. The third-order valence-corrected chi connectivity index (χ3v) is 3.61. The average Bonchev–Trinajstić information content (AvgIpc) is 2.36. The Labute approximate surface area is 98.1 Å². The Bertz CT molecular complexity index is 383. The first kappa shape index (κ1) is 11.7. The molecule has 2 nitrogen and oxygen atoms in total. The maximum Gasteiger partial charge on any atom is 0.495 e. The Morgan fingerprint density at radius 1 is 1.12 bits per heavy atom. The van der Waals surface area contributed by atoms with E-state index in [-0.39, 0.29) is 18.3 Å². The van der Waals surface area contributed by atoms with E-state index in [1.807, 2.05) is 25.1 Å². The smallest absolute Gasteiger partial charge is 0.399 e. The molecule has 0 unspecified atom stereocenters. The minimum atomic E-state index is -0.278. The summed E-state index contributed by atoms with van der Waals surface area (Å²) in [4.78, 5) is 0. The molecular weight excluding hydrogens is 199 g/mol. The summed E-state index contributed by atoms with van der Waals surface area (Å²) in [5, 5.41) is 0. The lowest BCUT2D eigenvalue weighted by atomic mass is 9.76. The van der Waals surface area contributed by atoms with Gasteiger partial charge in [-0.3, -0.25) is 0 Å². The predicted molar refractivity (Wildman–Crippen MR) is 65.7 cm³/mol. The Kier molecular flexibility index (Phi) is 2.63. The van der Waals surface area contributed by atoms with Crippen LogP contribution in [0.25, 0.3) is 0 Å². The molecule has 0 amide bonds. The lowest BCUT2D eigenvalue weighted by molar-refractivity contribution is 0.00578. The molecule has 1 aliphatic heterocycles. The van der Waals surface area contributed by atoms with Gasteiger partial charge in [-0.05, 0) is 51.7 Å². The number of benzene rings is 1. The maximum atomic E-state index is 5.99. The van der Waals surface area contributed by atoms with Crippen molar-refractivity contribution in [3.05, 3.63) is 29.8 Å². The largest absolute Gasteiger partial charge is 0.495 e. The van der Waals surface area contributed by atoms with Gasteiger partial charge in [0.05, 0.1) is 11.2 Å². The van der Waals surface area contributed by atoms with Gasteiger partial charge in [0.2, 0.25) is 0 Å². The first-order chi connectivity index (χ1) is 7.33. The van der Waals surface area contributed by atoms with Gasteiger partial charge in [0.1, 0.15) is 0 Å². The summed E-state index contributed by atoms with van der Waals surface area (Å²) >= 11 is 0. The van der Waals surface area contributed by atoms with Gasteiger partial charge in [-0.1, -0.05) is 18.2 Å². The third kappa shape index (κ3) is 1.78. The van der Waals surface area contributed by atoms with Crippen molar-refractivity contribution in [3.63, 3.8) is 0 Å². The van der Waals surface area contributed by atoms with Crippen LogP contribution in [0.15, 0.2) is 18.2 Å². The molecule has 1 aromatic rings. The van der Waals surface area contributed by atoms with E-state index < -0.39 is 0 Å². The van der Waals surface area contributed by atoms with E-state index in [1.54, 1.807) is 0 Å². The molecule has 0 N–H and O–H groups in total. The fraction of sp³-hybridized carbons (Fsp3) is 0.538. The molecule has 16 heavy (non-hydrogen) atoms. The minimum Gasteiger partial charge on any atom is -0.399 e. The van der Waals surface area contributed by atoms with Gasteiger partial charge >= 0.3 is 7.12 Å². The van der Waals surface area contributed by atoms with Gasteiger partial charge < -0.3 is 9.31 Å². The summed E-state index contributed by atoms with van der Waals surface area (Å²) in [6.45, 7) is 10.3. The van der Waals surface area contributed by atoms with Crippen LogP contribution in [0.5, 0.6) is 0 Å². The Hall–Kier alpha value is -0.795. The predicted octanol–water partition coefficient (Wildman–Crippen LogP) is 2.09. The van der Waals surface area contributed by atoms with E-state index >= 15 is 0 Å². The SMILES string of the molecule is Cc1[c]cccc1B1OC(C)(C)C(C)(C)O1. The molecule has 1 aromatic carbocycles. The number of hydrogen-bond donors (Lipinski definition) is 0. The van der Waals surface area contributed by atoms with E-state index in [9.17, 15) is 0 Å². The van der Waals surface area contributed by atoms with Crippen LogP contribution in [-0.4, -0.2) is 18.3 Å². The molecule has 3 heteroatoms. The van der Waals surface area contributed by atoms with Crippen LogP contribution in [0.4, 0.5) is 0 Å². The molecule has 0 saturated carbocycles. The maximum absolute atomic E-state index is 5.99. The lowest BCUT2D eigenvalue weighted by Crippen LogP contribution is -2.41. The van der Waals surface area contributed by atoms with Crippen molar-refractivity contribution in [1.82, 2.24) is 0 Å². The van der Waals surface area contributed by atoms with E-state index in [0.717, 1.165) is 11.0 Å². The molecule has 1 fully saturated rings. The highest BCUT2D eigenvalue weighted by atomic mass is 16.7. The van der Waals surface area contributed by atoms with Crippen molar-refractivity contribution >= 4 is 12.6 Å². The fourth-order valence-corrected chi connectivity index (χ4v) is 1.76. The van der Waals surface area contributed by atoms with Gasteiger partial charge in [-0.15, -0.1) is 0 Å². The summed E-state index contributed by atoms with van der Waals surface area (Å²) in [5.41, 5.74) is 1.60. The summed E-state index contributed by atoms with van der Waals surface area (Å²) in [6.07, 6.45) is 0. The highest BCUT2D eigenvalue weighted by Crippen LogP contribution is 2.36. The molecule has 0 spiro atoms. The van der Waals surface area contributed by atoms with Crippen molar-refractivity contribution in [1.29, 1.82) is 0 Å². The average molecular weight is 217 g/mol. The van der Waals surface area contributed by atoms with Crippen LogP contribution in [0.1, 0.15) is 33.3 Å². The monoisotopic (exact) mass is 217 g/mol. The number of rotatable bonds is 1. The van der Waals surface area contributed by atoms with Gasteiger partial charge in [0.25, 0.3) is 0 Å². The Morgan fingerprint density at radius 2 is 1.69 bits per heavy atom. The third-order valence-electron chi connectivity index (χ3n) is 3.61. The molecule has 85 valence electrons. The minimum absolute atomic E-state index is 0.276. The number of aryl methyl sites for hydroxylation is 1. The zero-order valence-corrected chi connectivity index (χ0v) is 10.6. The van der Waals surface area contributed by atoms with Crippen molar-refractivity contribution in [2.24, 2.45) is 0 Å². The van der Waals surface area contributed by atoms with Crippen molar-refractivity contribution in [2.75, 3.05) is 0 Å². The second-order valence-corrected chi connectivity index (χ2v) is 5.34. The van der Waals surface area contributed by atoms with E-state index in [2.05, 4.69) is 33.8 Å². The Morgan fingerprint density at radius 3 is 2.19 bits per heavy atom. The topological polar surface area (TPSA) is 18.5 Å². The molecule has 0 aromatic heterocycles. The van der Waals surface area contributed by atoms with Gasteiger partial charge in [-0.25, -0.2) is 0 Å². The molecule has 1 saturated heterocycles. The second-order valence-electron chi connectivity index (χ2n) is 5.34. The first-order valence-electron chi connectivity index (χ1n) is 5.66. The van der Waals surface area contributed by atoms with E-state index in [4.69, 9.17) is 9.31 Å². The Balaban J connectivity index is 2.31. The normalized spacial score (nSPS) is 22.4. The molecule has 0 bridgehead atoms. The highest BCUT2D eigenvalue weighted by Gasteiger charge is 2.51. The fourth-order valence-electron chi connectivity index (χ4n) is 1.76. The quantitative estimate of drug-likeness (QED) is 0.670. The number of hydrogen-bond acceptors (Lipinski definition) is 2. The van der Waals surface area contributed by atoms with Crippen LogP contribution >= 0.6 is 0 Å². The lowest BCUT2D eigenvalue weighted by Gasteiger charge is -2.32. The van der Waals surface area contributed by atoms with E-state index in [0.29, 0.717) is 0 Å². The van der Waals surface area contributed by atoms with Crippen molar-refractivity contribution < 1.29 is 9.31 Å². The molecule has 1 heterocycles. The van der Waals surface area contributed by atoms with Crippen LogP contribution in [0, 0.1) is 13.0 Å². The molecule has 0 atom stereocenters. The molecule has 0 aliphatic carbocycles. The summed E-state index contributed by atoms with van der Waals surface area (Å²) in [7, 11) is -0.276. The van der Waals surface area contributed by atoms with Crippen molar-refractivity contribution in [3.8, 4) is 0 Å². The molecular formula is C13H18BO2. The molecule has 2 rings (SSSR count). The van der Waals surface area contributed by atoms with Gasteiger partial charge in [0, 0.05) is 0 Å². The van der Waals surface area contributed by atoms with Crippen LogP contribution in [0.3, 0.4) is 0 Å². The van der Waals surface area contributed by atoms with Crippen LogP contribution < -0.4 is 5.46 Å². The summed E-state index contributed by atoms with van der Waals surface area (Å²) in [6, 6.07) is 9.08. The molecule has 1 radical (unpaired) electrons. The van der Waals surface area contributed by atoms with Crippen LogP contribution in [-0.2, 0) is 9.31 Å². The molecule has 1 aliphatic rings. The summed E-state index contributed by atoms with van der Waals surface area (Å²) in [5.74, 6) is 0. The van der Waals surface area contributed by atoms with Crippen LogP contribution in [0.2, 0.25) is 0 Å². The first-order valence-corrected chi connectivity index (χ1v) is 5.66. The standard InChI is InChI=1S/C13H18BO2/c1-10-8-6-7-9-11(10)14-15-12(2,3)13(4,5)16-14/h6-7,9H,1-5H3. The zero-order valence-electron chi connectivity index (χ0n) is 10.6. The van der Waals surface area contributed by atoms with Gasteiger partial charge in [-0.2, -0.15) is 0 Å². The van der Waals surface area contributed by atoms with E-state index in [1.165, 1.54) is 0 Å². The zero-order chi connectivity index (χ0) is 12.0. The van der Waals surface area contributed by atoms with Crippen molar-refractivity contribution in [2.45, 2.75) is 45.8 Å². The summed E-state index contributed by atoms with van der Waals surface area (Å²) < 4.78 is 12.0.